The largest absolute Gasteiger partial charge is 0.366 e. The third kappa shape index (κ3) is 3.68. The van der Waals surface area contributed by atoms with Crippen molar-refractivity contribution in [1.29, 1.82) is 0 Å². The molecule has 0 spiro atoms. The fraction of sp³-hybridized carbons (Fsp3) is 0.455. The van der Waals surface area contributed by atoms with Crippen LogP contribution in [-0.2, 0) is 4.79 Å². The topological polar surface area (TPSA) is 40.6 Å². The van der Waals surface area contributed by atoms with E-state index in [9.17, 15) is 9.59 Å². The number of benzene rings is 1. The minimum absolute atomic E-state index is 0.0159. The van der Waals surface area contributed by atoms with Crippen molar-refractivity contribution in [3.63, 3.8) is 0 Å². The summed E-state index contributed by atoms with van der Waals surface area (Å²) >= 11 is 7.51. The lowest BCUT2D eigenvalue weighted by molar-refractivity contribution is -0.122. The molecule has 1 fully saturated rings. The van der Waals surface area contributed by atoms with Gasteiger partial charge < -0.3 is 4.90 Å². The number of hydrogen-bond donors (Lipinski definition) is 0. The molecule has 3 rings (SSSR count). The zero-order valence-corrected chi connectivity index (χ0v) is 18.3. The van der Waals surface area contributed by atoms with Crippen LogP contribution in [0.4, 0.5) is 10.5 Å². The van der Waals surface area contributed by atoms with Gasteiger partial charge in [0.1, 0.15) is 0 Å². The Labute approximate surface area is 176 Å². The molecule has 2 heterocycles. The maximum absolute atomic E-state index is 12.5. The van der Waals surface area contributed by atoms with Gasteiger partial charge >= 0.3 is 0 Å². The molecule has 4 nitrogen and oxygen atoms in total. The summed E-state index contributed by atoms with van der Waals surface area (Å²) in [6.07, 6.45) is 9.06. The highest BCUT2D eigenvalue weighted by atomic mass is 35.5. The van der Waals surface area contributed by atoms with Crippen molar-refractivity contribution in [2.45, 2.75) is 52.0 Å². The van der Waals surface area contributed by atoms with Crippen molar-refractivity contribution in [3.8, 4) is 12.3 Å². The first-order valence-electron chi connectivity index (χ1n) is 9.49. The van der Waals surface area contributed by atoms with Crippen molar-refractivity contribution in [1.82, 2.24) is 4.90 Å². The van der Waals surface area contributed by atoms with Gasteiger partial charge in [-0.3, -0.25) is 14.5 Å². The molecular weight excluding hydrogens is 392 g/mol. The Morgan fingerprint density at radius 1 is 1.39 bits per heavy atom. The van der Waals surface area contributed by atoms with Crippen LogP contribution in [-0.4, -0.2) is 34.7 Å². The van der Waals surface area contributed by atoms with Gasteiger partial charge in [-0.2, -0.15) is 0 Å². The van der Waals surface area contributed by atoms with Crippen molar-refractivity contribution >= 4 is 46.3 Å². The highest BCUT2D eigenvalue weighted by Gasteiger charge is 2.37. The van der Waals surface area contributed by atoms with Crippen molar-refractivity contribution in [2.24, 2.45) is 0 Å². The van der Waals surface area contributed by atoms with Gasteiger partial charge in [0, 0.05) is 22.8 Å². The Kier molecular flexibility index (Phi) is 5.84. The summed E-state index contributed by atoms with van der Waals surface area (Å²) in [6, 6.07) is 4.07. The molecule has 2 amide bonds. The number of thioether (sulfide) groups is 1. The number of fused-ring (bicyclic) bond motifs is 1. The highest BCUT2D eigenvalue weighted by molar-refractivity contribution is 8.18. The summed E-state index contributed by atoms with van der Waals surface area (Å²) in [6.45, 7) is 9.89. The van der Waals surface area contributed by atoms with Gasteiger partial charge in [0.25, 0.3) is 11.1 Å². The molecule has 0 saturated carbocycles. The van der Waals surface area contributed by atoms with Gasteiger partial charge in [-0.15, -0.1) is 6.42 Å². The summed E-state index contributed by atoms with van der Waals surface area (Å²) in [4.78, 5) is 28.4. The van der Waals surface area contributed by atoms with Crippen LogP contribution in [0.1, 0.15) is 57.6 Å². The number of anilines is 1. The predicted octanol–water partition coefficient (Wildman–Crippen LogP) is 5.51. The molecule has 0 aromatic heterocycles. The summed E-state index contributed by atoms with van der Waals surface area (Å²) in [7, 11) is 0. The van der Waals surface area contributed by atoms with E-state index in [0.29, 0.717) is 15.8 Å². The van der Waals surface area contributed by atoms with E-state index < -0.39 is 0 Å². The molecule has 1 aromatic rings. The molecule has 0 aliphatic carbocycles. The predicted molar refractivity (Wildman–Crippen MR) is 118 cm³/mol. The summed E-state index contributed by atoms with van der Waals surface area (Å²) in [5, 5.41) is 0.237. The molecule has 28 heavy (non-hydrogen) atoms. The van der Waals surface area contributed by atoms with Gasteiger partial charge in [0.05, 0.1) is 11.4 Å². The van der Waals surface area contributed by atoms with Crippen LogP contribution in [0.2, 0.25) is 5.02 Å². The Balaban J connectivity index is 2.03. The molecule has 1 saturated heterocycles. The van der Waals surface area contributed by atoms with Crippen LogP contribution in [0.15, 0.2) is 17.0 Å². The van der Waals surface area contributed by atoms with Gasteiger partial charge in [0.15, 0.2) is 0 Å². The fourth-order valence-corrected chi connectivity index (χ4v) is 5.19. The Morgan fingerprint density at radius 2 is 2.11 bits per heavy atom. The van der Waals surface area contributed by atoms with Crippen molar-refractivity contribution in [3.05, 3.63) is 33.2 Å². The lowest BCUT2D eigenvalue weighted by atomic mass is 9.79. The number of hydrogen-bond acceptors (Lipinski definition) is 4. The van der Waals surface area contributed by atoms with Crippen LogP contribution in [0.5, 0.6) is 0 Å². The number of halogens is 1. The normalized spacial score (nSPS) is 22.6. The lowest BCUT2D eigenvalue weighted by Gasteiger charge is -2.47. The smallest absolute Gasteiger partial charge is 0.294 e. The number of rotatable bonds is 4. The summed E-state index contributed by atoms with van der Waals surface area (Å²) in [5.74, 6) is 2.37. The molecule has 148 valence electrons. The van der Waals surface area contributed by atoms with Gasteiger partial charge in [-0.25, -0.2) is 0 Å². The molecule has 0 radical (unpaired) electrons. The molecule has 1 aromatic carbocycles. The number of imide groups is 1. The molecule has 0 N–H and O–H groups in total. The van der Waals surface area contributed by atoms with E-state index in [4.69, 9.17) is 18.0 Å². The van der Waals surface area contributed by atoms with E-state index in [1.54, 1.807) is 6.08 Å². The van der Waals surface area contributed by atoms with Crippen LogP contribution in [0.25, 0.3) is 6.08 Å². The SMILES string of the molecule is C#CCN1C(=O)S/C(=C/c2cc3c(cc2Cl)N(CCC)C(C)(C)CC3C)C1=O. The number of terminal acetylenes is 1. The average Bonchev–Trinajstić information content (AvgIpc) is 2.87. The fourth-order valence-electron chi connectivity index (χ4n) is 4.15. The average molecular weight is 417 g/mol. The summed E-state index contributed by atoms with van der Waals surface area (Å²) < 4.78 is 0. The second-order valence-electron chi connectivity index (χ2n) is 7.97. The van der Waals surface area contributed by atoms with E-state index >= 15 is 0 Å². The molecule has 1 unspecified atom stereocenters. The van der Waals surface area contributed by atoms with Crippen LogP contribution < -0.4 is 4.90 Å². The molecule has 6 heteroatoms. The quantitative estimate of drug-likeness (QED) is 0.479. The molecule has 0 bridgehead atoms. The number of amides is 2. The number of nitrogens with zero attached hydrogens (tertiary/aromatic N) is 2. The first-order chi connectivity index (χ1) is 13.2. The van der Waals surface area contributed by atoms with Crippen LogP contribution in [0, 0.1) is 12.3 Å². The first kappa shape index (κ1) is 20.8. The van der Waals surface area contributed by atoms with E-state index in [0.717, 1.165) is 47.3 Å². The third-order valence-electron chi connectivity index (χ3n) is 5.36. The second kappa shape index (κ2) is 7.85. The van der Waals surface area contributed by atoms with E-state index in [-0.39, 0.29) is 23.2 Å². The molecular formula is C22H25ClN2O2S. The maximum atomic E-state index is 12.5. The Morgan fingerprint density at radius 3 is 2.75 bits per heavy atom. The third-order valence-corrected chi connectivity index (χ3v) is 6.60. The Bertz CT molecular complexity index is 901. The van der Waals surface area contributed by atoms with E-state index in [1.807, 2.05) is 6.07 Å². The highest BCUT2D eigenvalue weighted by Crippen LogP contribution is 2.46. The van der Waals surface area contributed by atoms with Crippen LogP contribution in [0.3, 0.4) is 0 Å². The van der Waals surface area contributed by atoms with Gasteiger partial charge in [-0.1, -0.05) is 31.4 Å². The lowest BCUT2D eigenvalue weighted by Crippen LogP contribution is -2.48. The van der Waals surface area contributed by atoms with Gasteiger partial charge in [0.2, 0.25) is 0 Å². The second-order valence-corrected chi connectivity index (χ2v) is 9.37. The number of carbonyl (C=O) groups excluding carboxylic acids is 2. The standard InChI is InChI=1S/C22H25ClN2O2S/c1-6-8-24-20(26)19(28-21(24)27)11-15-10-16-14(3)13-22(4,5)25(9-7-2)18(16)12-17(15)23/h1,10-12,14H,7-9,13H2,2-5H3/b19-11+. The zero-order chi connectivity index (χ0) is 20.6. The Hall–Kier alpha value is -1.90. The van der Waals surface area contributed by atoms with Crippen molar-refractivity contribution in [2.75, 3.05) is 18.0 Å². The molecule has 2 aliphatic heterocycles. The molecule has 2 aliphatic rings. The monoisotopic (exact) mass is 416 g/mol. The zero-order valence-electron chi connectivity index (χ0n) is 16.7. The minimum atomic E-state index is -0.358. The van der Waals surface area contributed by atoms with E-state index in [2.05, 4.69) is 44.6 Å². The van der Waals surface area contributed by atoms with E-state index in [1.165, 1.54) is 5.56 Å². The van der Waals surface area contributed by atoms with Gasteiger partial charge in [-0.05, 0) is 73.7 Å². The maximum Gasteiger partial charge on any atom is 0.294 e. The summed E-state index contributed by atoms with van der Waals surface area (Å²) in [5.41, 5.74) is 3.21. The molecule has 1 atom stereocenters. The number of carbonyl (C=O) groups is 2. The van der Waals surface area contributed by atoms with Crippen molar-refractivity contribution < 1.29 is 9.59 Å². The van der Waals surface area contributed by atoms with Crippen LogP contribution >= 0.6 is 23.4 Å². The first-order valence-corrected chi connectivity index (χ1v) is 10.7. The minimum Gasteiger partial charge on any atom is -0.366 e.